The molecular weight excluding hydrogens is 440 g/mol. The van der Waals surface area contributed by atoms with Crippen molar-refractivity contribution in [2.75, 3.05) is 39.8 Å². The number of nitrogens with zero attached hydrogens (tertiary/aromatic N) is 2. The molecule has 0 spiro atoms. The number of fused-ring (bicyclic) bond motifs is 3. The SMILES string of the molecule is CCOC(=O)c1c(C)oc2c1c([C@H](c1ccc(C)cc1)N1CCN(C)CC1)c(O)c1ccccc12. The number of esters is 1. The normalized spacial score (nSPS) is 16.1. The maximum Gasteiger partial charge on any atom is 0.342 e. The number of aromatic hydroxyl groups is 1. The Bertz CT molecular complexity index is 1380. The van der Waals surface area contributed by atoms with Gasteiger partial charge < -0.3 is 19.2 Å². The smallest absolute Gasteiger partial charge is 0.342 e. The monoisotopic (exact) mass is 472 g/mol. The Balaban J connectivity index is 1.87. The lowest BCUT2D eigenvalue weighted by molar-refractivity contribution is 0.0526. The zero-order valence-electron chi connectivity index (χ0n) is 20.8. The van der Waals surface area contributed by atoms with Gasteiger partial charge in [0.1, 0.15) is 22.7 Å². The molecule has 0 radical (unpaired) electrons. The predicted octanol–water partition coefficient (Wildman–Crippen LogP) is 5.42. The van der Waals surface area contributed by atoms with E-state index in [1.807, 2.05) is 24.3 Å². The number of ether oxygens (including phenoxy) is 1. The van der Waals surface area contributed by atoms with Crippen LogP contribution in [0.1, 0.15) is 45.8 Å². The van der Waals surface area contributed by atoms with E-state index in [9.17, 15) is 9.90 Å². The highest BCUT2D eigenvalue weighted by atomic mass is 16.5. The summed E-state index contributed by atoms with van der Waals surface area (Å²) in [5.41, 5.74) is 3.95. The average Bonchev–Trinajstić information content (AvgIpc) is 3.20. The summed E-state index contributed by atoms with van der Waals surface area (Å²) < 4.78 is 11.7. The number of phenols is 1. The number of benzene rings is 3. The lowest BCUT2D eigenvalue weighted by Crippen LogP contribution is -2.46. The molecule has 1 N–H and O–H groups in total. The van der Waals surface area contributed by atoms with Crippen molar-refractivity contribution in [3.05, 3.63) is 76.5 Å². The zero-order valence-corrected chi connectivity index (χ0v) is 20.8. The molecular formula is C29H32N2O4. The molecule has 4 aromatic rings. The molecule has 1 saturated heterocycles. The maximum atomic E-state index is 13.2. The molecule has 182 valence electrons. The summed E-state index contributed by atoms with van der Waals surface area (Å²) >= 11 is 0. The summed E-state index contributed by atoms with van der Waals surface area (Å²) in [7, 11) is 2.13. The van der Waals surface area contributed by atoms with Crippen molar-refractivity contribution < 1.29 is 19.1 Å². The van der Waals surface area contributed by atoms with Gasteiger partial charge in [-0.25, -0.2) is 4.79 Å². The molecule has 1 aromatic heterocycles. The van der Waals surface area contributed by atoms with E-state index in [-0.39, 0.29) is 18.4 Å². The van der Waals surface area contributed by atoms with Crippen molar-refractivity contribution in [1.82, 2.24) is 9.80 Å². The van der Waals surface area contributed by atoms with Gasteiger partial charge in [0.25, 0.3) is 0 Å². The molecule has 6 heteroatoms. The first-order chi connectivity index (χ1) is 16.9. The van der Waals surface area contributed by atoms with Gasteiger partial charge >= 0.3 is 5.97 Å². The van der Waals surface area contributed by atoms with Crippen LogP contribution in [0.4, 0.5) is 0 Å². The lowest BCUT2D eigenvalue weighted by atomic mass is 9.88. The second-order valence-electron chi connectivity index (χ2n) is 9.42. The summed E-state index contributed by atoms with van der Waals surface area (Å²) in [6.07, 6.45) is 0. The molecule has 0 aliphatic carbocycles. The van der Waals surface area contributed by atoms with Crippen LogP contribution in [0.25, 0.3) is 21.7 Å². The van der Waals surface area contributed by atoms with E-state index in [1.165, 1.54) is 5.56 Å². The van der Waals surface area contributed by atoms with Crippen molar-refractivity contribution in [2.24, 2.45) is 0 Å². The highest BCUT2D eigenvalue weighted by Crippen LogP contribution is 2.47. The number of rotatable bonds is 5. The highest BCUT2D eigenvalue weighted by Gasteiger charge is 2.34. The van der Waals surface area contributed by atoms with Crippen LogP contribution in [0.3, 0.4) is 0 Å². The third-order valence-electron chi connectivity index (χ3n) is 7.08. The van der Waals surface area contributed by atoms with Crippen LogP contribution in [-0.2, 0) is 4.74 Å². The molecule has 1 atom stereocenters. The maximum absolute atomic E-state index is 13.2. The van der Waals surface area contributed by atoms with E-state index in [2.05, 4.69) is 48.0 Å². The van der Waals surface area contributed by atoms with Gasteiger partial charge in [0, 0.05) is 47.9 Å². The Morgan fingerprint density at radius 2 is 1.69 bits per heavy atom. The van der Waals surface area contributed by atoms with Gasteiger partial charge in [-0.1, -0.05) is 54.1 Å². The largest absolute Gasteiger partial charge is 0.507 e. The van der Waals surface area contributed by atoms with Crippen molar-refractivity contribution in [3.63, 3.8) is 0 Å². The van der Waals surface area contributed by atoms with E-state index in [0.29, 0.717) is 33.2 Å². The van der Waals surface area contributed by atoms with Crippen LogP contribution in [0.2, 0.25) is 0 Å². The van der Waals surface area contributed by atoms with Crippen molar-refractivity contribution in [3.8, 4) is 5.75 Å². The fourth-order valence-electron chi connectivity index (χ4n) is 5.25. The van der Waals surface area contributed by atoms with E-state index in [1.54, 1.807) is 13.8 Å². The summed E-state index contributed by atoms with van der Waals surface area (Å²) in [5, 5.41) is 14.0. The van der Waals surface area contributed by atoms with E-state index in [4.69, 9.17) is 9.15 Å². The van der Waals surface area contributed by atoms with Gasteiger partial charge in [-0.2, -0.15) is 0 Å². The van der Waals surface area contributed by atoms with E-state index in [0.717, 1.165) is 37.1 Å². The fraction of sp³-hybridized carbons (Fsp3) is 0.345. The van der Waals surface area contributed by atoms with Crippen LogP contribution < -0.4 is 0 Å². The third-order valence-corrected chi connectivity index (χ3v) is 7.08. The molecule has 1 fully saturated rings. The van der Waals surface area contributed by atoms with Crippen LogP contribution in [0.15, 0.2) is 52.9 Å². The number of carbonyl (C=O) groups is 1. The molecule has 2 heterocycles. The molecule has 0 bridgehead atoms. The van der Waals surface area contributed by atoms with E-state index >= 15 is 0 Å². The summed E-state index contributed by atoms with van der Waals surface area (Å²) in [6.45, 7) is 9.45. The predicted molar refractivity (Wildman–Crippen MR) is 138 cm³/mol. The molecule has 0 amide bonds. The number of hydrogen-bond acceptors (Lipinski definition) is 6. The topological polar surface area (TPSA) is 66.2 Å². The zero-order chi connectivity index (χ0) is 24.7. The second-order valence-corrected chi connectivity index (χ2v) is 9.42. The van der Waals surface area contributed by atoms with Gasteiger partial charge in [0.2, 0.25) is 0 Å². The molecule has 0 unspecified atom stereocenters. The van der Waals surface area contributed by atoms with Crippen LogP contribution >= 0.6 is 0 Å². The van der Waals surface area contributed by atoms with Crippen molar-refractivity contribution >= 4 is 27.7 Å². The number of aryl methyl sites for hydroxylation is 2. The summed E-state index contributed by atoms with van der Waals surface area (Å²) in [5.74, 6) is 0.251. The van der Waals surface area contributed by atoms with Gasteiger partial charge in [-0.3, -0.25) is 4.90 Å². The van der Waals surface area contributed by atoms with Crippen LogP contribution in [0, 0.1) is 13.8 Å². The van der Waals surface area contributed by atoms with Crippen molar-refractivity contribution in [2.45, 2.75) is 26.8 Å². The minimum atomic E-state index is -0.430. The molecule has 3 aromatic carbocycles. The van der Waals surface area contributed by atoms with Crippen LogP contribution in [-0.4, -0.2) is 60.7 Å². The quantitative estimate of drug-likeness (QED) is 0.391. The number of hydrogen-bond donors (Lipinski definition) is 1. The van der Waals surface area contributed by atoms with Crippen LogP contribution in [0.5, 0.6) is 5.75 Å². The van der Waals surface area contributed by atoms with Gasteiger partial charge in [0.05, 0.1) is 12.6 Å². The molecule has 1 aliphatic heterocycles. The average molecular weight is 473 g/mol. The molecule has 1 aliphatic rings. The minimum absolute atomic E-state index is 0.184. The Labute approximate surface area is 205 Å². The molecule has 35 heavy (non-hydrogen) atoms. The second kappa shape index (κ2) is 9.36. The highest BCUT2D eigenvalue weighted by molar-refractivity contribution is 6.16. The van der Waals surface area contributed by atoms with Gasteiger partial charge in [0.15, 0.2) is 0 Å². The Morgan fingerprint density at radius 1 is 1.03 bits per heavy atom. The number of furan rings is 1. The van der Waals surface area contributed by atoms with Gasteiger partial charge in [-0.15, -0.1) is 0 Å². The summed E-state index contributed by atoms with van der Waals surface area (Å²) in [6, 6.07) is 15.9. The van der Waals surface area contributed by atoms with Crippen molar-refractivity contribution in [1.29, 1.82) is 0 Å². The number of phenolic OH excluding ortho intramolecular Hbond substituents is 1. The molecule has 5 rings (SSSR count). The first-order valence-electron chi connectivity index (χ1n) is 12.2. The number of piperazine rings is 1. The van der Waals surface area contributed by atoms with Gasteiger partial charge in [-0.05, 0) is 33.4 Å². The van der Waals surface area contributed by atoms with E-state index < -0.39 is 5.97 Å². The first kappa shape index (κ1) is 23.4. The standard InChI is InChI=1S/C29H32N2O4/c1-5-34-29(33)23-19(3)35-28-22-9-7-6-8-21(22)27(32)25(24(23)28)26(20-12-10-18(2)11-13-20)31-16-14-30(4)15-17-31/h6-13,26,32H,5,14-17H2,1-4H3/t26-/m0/s1. The molecule has 6 nitrogen and oxygen atoms in total. The lowest BCUT2D eigenvalue weighted by Gasteiger charge is -2.39. The third kappa shape index (κ3) is 4.07. The minimum Gasteiger partial charge on any atom is -0.507 e. The fourth-order valence-corrected chi connectivity index (χ4v) is 5.25. The summed E-state index contributed by atoms with van der Waals surface area (Å²) in [4.78, 5) is 17.9. The number of carbonyl (C=O) groups excluding carboxylic acids is 1. The Morgan fingerprint density at radius 3 is 2.34 bits per heavy atom. The Hall–Kier alpha value is -3.35. The first-order valence-corrected chi connectivity index (χ1v) is 12.2. The number of likely N-dealkylation sites (N-methyl/N-ethyl adjacent to an activating group) is 1. The molecule has 0 saturated carbocycles. The Kier molecular flexibility index (Phi) is 6.26.